The zero-order valence-electron chi connectivity index (χ0n) is 21.2. The highest BCUT2D eigenvalue weighted by atomic mass is 32.1. The Morgan fingerprint density at radius 1 is 1.03 bits per heavy atom. The zero-order valence-corrected chi connectivity index (χ0v) is 22.8. The number of aromatic nitrogens is 3. The molecule has 0 spiro atoms. The molecule has 5 rings (SSSR count). The minimum absolute atomic E-state index is 0.0390. The van der Waals surface area contributed by atoms with Crippen molar-refractivity contribution >= 4 is 39.8 Å². The maximum Gasteiger partial charge on any atom is 0.297 e. The summed E-state index contributed by atoms with van der Waals surface area (Å²) in [6, 6.07) is 18.4. The lowest BCUT2D eigenvalue weighted by Crippen LogP contribution is -2.20. The maximum atomic E-state index is 13.5. The van der Waals surface area contributed by atoms with Crippen LogP contribution in [0.15, 0.2) is 86.3 Å². The van der Waals surface area contributed by atoms with Crippen molar-refractivity contribution < 1.29 is 4.92 Å². The van der Waals surface area contributed by atoms with Crippen LogP contribution in [0.1, 0.15) is 23.7 Å². The summed E-state index contributed by atoms with van der Waals surface area (Å²) in [7, 11) is 1.83. The number of para-hydroxylation sites is 1. The molecule has 0 fully saturated rings. The summed E-state index contributed by atoms with van der Waals surface area (Å²) in [5, 5.41) is 20.3. The van der Waals surface area contributed by atoms with Gasteiger partial charge in [0.05, 0.1) is 32.6 Å². The summed E-state index contributed by atoms with van der Waals surface area (Å²) < 4.78 is 5.08. The van der Waals surface area contributed by atoms with Crippen molar-refractivity contribution in [3.05, 3.63) is 114 Å². The average Bonchev–Trinajstić information content (AvgIpc) is 3.61. The molecule has 11 heteroatoms. The first-order chi connectivity index (χ1) is 18.3. The molecule has 0 aliphatic carbocycles. The molecule has 9 nitrogen and oxygen atoms in total. The van der Waals surface area contributed by atoms with E-state index in [4.69, 9.17) is 10.1 Å². The van der Waals surface area contributed by atoms with Crippen LogP contribution >= 0.6 is 22.7 Å². The van der Waals surface area contributed by atoms with Gasteiger partial charge < -0.3 is 0 Å². The lowest BCUT2D eigenvalue weighted by atomic mass is 10.1. The van der Waals surface area contributed by atoms with Gasteiger partial charge in [-0.05, 0) is 44.4 Å². The Morgan fingerprint density at radius 3 is 2.47 bits per heavy atom. The highest BCUT2D eigenvalue weighted by Crippen LogP contribution is 2.26. The number of nitro benzene ring substituents is 1. The van der Waals surface area contributed by atoms with Gasteiger partial charge in [0, 0.05) is 29.6 Å². The van der Waals surface area contributed by atoms with Gasteiger partial charge in [-0.3, -0.25) is 19.6 Å². The number of rotatable bonds is 6. The van der Waals surface area contributed by atoms with Gasteiger partial charge in [-0.2, -0.15) is 5.10 Å². The molecule has 0 radical (unpaired) electrons. The van der Waals surface area contributed by atoms with E-state index in [9.17, 15) is 14.9 Å². The molecule has 0 N–H and O–H groups in total. The first kappa shape index (κ1) is 25.3. The molecule has 0 bridgehead atoms. The van der Waals surface area contributed by atoms with Crippen LogP contribution < -0.4 is 10.4 Å². The topological polar surface area (TPSA) is 99.7 Å². The Labute approximate surface area is 226 Å². The minimum atomic E-state index is -0.391. The van der Waals surface area contributed by atoms with Crippen molar-refractivity contribution in [1.29, 1.82) is 0 Å². The monoisotopic (exact) mass is 544 g/mol. The lowest BCUT2D eigenvalue weighted by molar-refractivity contribution is -0.385. The van der Waals surface area contributed by atoms with E-state index in [0.717, 1.165) is 16.3 Å². The van der Waals surface area contributed by atoms with E-state index in [-0.39, 0.29) is 11.2 Å². The van der Waals surface area contributed by atoms with Crippen molar-refractivity contribution in [3.63, 3.8) is 0 Å². The minimum Gasteiger partial charge on any atom is -0.283 e. The maximum absolute atomic E-state index is 13.5. The van der Waals surface area contributed by atoms with Crippen LogP contribution in [0.3, 0.4) is 0 Å². The molecule has 3 aromatic heterocycles. The number of nitro groups is 1. The van der Waals surface area contributed by atoms with Crippen LogP contribution in [0.4, 0.5) is 11.4 Å². The molecule has 192 valence electrons. The van der Waals surface area contributed by atoms with Gasteiger partial charge in [-0.15, -0.1) is 22.7 Å². The van der Waals surface area contributed by atoms with Crippen molar-refractivity contribution in [3.8, 4) is 16.3 Å². The van der Waals surface area contributed by atoms with Gasteiger partial charge in [-0.1, -0.05) is 36.4 Å². The Balaban J connectivity index is 1.71. The smallest absolute Gasteiger partial charge is 0.283 e. The van der Waals surface area contributed by atoms with Crippen molar-refractivity contribution in [2.45, 2.75) is 20.8 Å². The Bertz CT molecular complexity index is 1810. The summed E-state index contributed by atoms with van der Waals surface area (Å²) >= 11 is 2.94. The van der Waals surface area contributed by atoms with E-state index in [1.165, 1.54) is 17.4 Å². The molecule has 5 aromatic rings. The van der Waals surface area contributed by atoms with Gasteiger partial charge in [0.1, 0.15) is 0 Å². The third kappa shape index (κ3) is 4.57. The molecular weight excluding hydrogens is 520 g/mol. The predicted octanol–water partition coefficient (Wildman–Crippen LogP) is 5.80. The van der Waals surface area contributed by atoms with Crippen molar-refractivity contribution in [2.75, 3.05) is 0 Å². The molecule has 3 heterocycles. The number of nitrogens with zero attached hydrogens (tertiary/aromatic N) is 6. The summed E-state index contributed by atoms with van der Waals surface area (Å²) in [6.07, 6.45) is 0. The molecule has 0 saturated heterocycles. The fourth-order valence-corrected chi connectivity index (χ4v) is 5.71. The van der Waals surface area contributed by atoms with E-state index in [1.807, 2.05) is 73.3 Å². The predicted molar refractivity (Wildman–Crippen MR) is 152 cm³/mol. The van der Waals surface area contributed by atoms with Crippen molar-refractivity contribution in [1.82, 2.24) is 14.0 Å². The first-order valence-corrected chi connectivity index (χ1v) is 13.5. The second kappa shape index (κ2) is 10.2. The van der Waals surface area contributed by atoms with Gasteiger partial charge in [-0.25, -0.2) is 14.4 Å². The standard InChI is InChI=1S/C27H24N6O3S2/c1-17-12-13-20(15-22(17)33(35)36)18(2)29-31-23(24-11-8-14-37-24)16-38-27(31)28-25-19(3)30(4)32(26(25)34)21-9-6-5-7-10-21/h5-16H,1-4H3. The number of thiophene rings is 1. The molecule has 0 unspecified atom stereocenters. The quantitative estimate of drug-likeness (QED) is 0.153. The Hall–Kier alpha value is -4.35. The highest BCUT2D eigenvalue weighted by Gasteiger charge is 2.18. The third-order valence-electron chi connectivity index (χ3n) is 6.26. The van der Waals surface area contributed by atoms with Gasteiger partial charge in [0.15, 0.2) is 5.69 Å². The second-order valence-electron chi connectivity index (χ2n) is 8.66. The highest BCUT2D eigenvalue weighted by molar-refractivity contribution is 7.14. The molecule has 0 saturated carbocycles. The van der Waals surface area contributed by atoms with Crippen LogP contribution in [-0.4, -0.2) is 24.7 Å². The van der Waals surface area contributed by atoms with Crippen LogP contribution in [0.25, 0.3) is 16.3 Å². The van der Waals surface area contributed by atoms with Crippen molar-refractivity contribution in [2.24, 2.45) is 17.1 Å². The number of thiazole rings is 1. The van der Waals surface area contributed by atoms with Crippen LogP contribution in [0, 0.1) is 24.0 Å². The number of benzene rings is 2. The fourth-order valence-electron chi connectivity index (χ4n) is 4.09. The van der Waals surface area contributed by atoms with Crippen LogP contribution in [0.2, 0.25) is 0 Å². The summed E-state index contributed by atoms with van der Waals surface area (Å²) in [5.41, 5.74) is 4.21. The number of hydrogen-bond donors (Lipinski definition) is 0. The Morgan fingerprint density at radius 2 is 1.79 bits per heavy atom. The molecule has 38 heavy (non-hydrogen) atoms. The molecule has 0 amide bonds. The summed E-state index contributed by atoms with van der Waals surface area (Å²) in [6.45, 7) is 5.37. The zero-order chi connectivity index (χ0) is 27.0. The lowest BCUT2D eigenvalue weighted by Gasteiger charge is -2.07. The second-order valence-corrected chi connectivity index (χ2v) is 10.4. The van der Waals surface area contributed by atoms with Crippen LogP contribution in [-0.2, 0) is 7.05 Å². The normalized spacial score (nSPS) is 12.3. The largest absolute Gasteiger partial charge is 0.297 e. The molecule has 0 atom stereocenters. The summed E-state index contributed by atoms with van der Waals surface area (Å²) in [4.78, 5) is 30.9. The number of aryl methyl sites for hydroxylation is 1. The van der Waals surface area contributed by atoms with E-state index >= 15 is 0 Å². The van der Waals surface area contributed by atoms with E-state index in [2.05, 4.69) is 0 Å². The van der Waals surface area contributed by atoms with E-state index in [1.54, 1.807) is 45.3 Å². The molecule has 2 aromatic carbocycles. The molecule has 0 aliphatic heterocycles. The third-order valence-corrected chi connectivity index (χ3v) is 7.97. The van der Waals surface area contributed by atoms with Gasteiger partial charge in [0.2, 0.25) is 4.80 Å². The van der Waals surface area contributed by atoms with Gasteiger partial charge in [0.25, 0.3) is 11.2 Å². The Kier molecular flexibility index (Phi) is 6.79. The first-order valence-electron chi connectivity index (χ1n) is 11.7. The van der Waals surface area contributed by atoms with Crippen LogP contribution in [0.5, 0.6) is 0 Å². The van der Waals surface area contributed by atoms with E-state index in [0.29, 0.717) is 33.0 Å². The average molecular weight is 545 g/mol. The van der Waals surface area contributed by atoms with E-state index < -0.39 is 4.92 Å². The SMILES string of the molecule is CC(=Nn1c(-c2cccs2)csc1=Nc1c(C)n(C)n(-c2ccccc2)c1=O)c1ccc(C)c([N+](=O)[O-])c1. The fraction of sp³-hybridized carbons (Fsp3) is 0.148. The molecule has 0 aliphatic rings. The summed E-state index contributed by atoms with van der Waals surface area (Å²) in [5.74, 6) is 0. The van der Waals surface area contributed by atoms with Gasteiger partial charge >= 0.3 is 0 Å². The molecular formula is C27H24N6O3S2. The number of hydrogen-bond acceptors (Lipinski definition) is 7.